The number of aliphatic hydroxyl groups excluding tert-OH is 1. The third-order valence-electron chi connectivity index (χ3n) is 17.0. The van der Waals surface area contributed by atoms with Gasteiger partial charge in [-0.25, -0.2) is 9.13 Å². The zero-order valence-electron chi connectivity index (χ0n) is 59.7. The predicted molar refractivity (Wildman–Crippen MR) is 372 cm³/mol. The Kier molecular flexibility index (Phi) is 64.9. The van der Waals surface area contributed by atoms with Crippen molar-refractivity contribution in [2.75, 3.05) is 39.6 Å². The quantitative estimate of drug-likeness (QED) is 0.0222. The average molecular weight is 1350 g/mol. The van der Waals surface area contributed by atoms with Crippen LogP contribution in [0.1, 0.15) is 381 Å². The van der Waals surface area contributed by atoms with Crippen LogP contribution in [-0.2, 0) is 65.4 Å². The van der Waals surface area contributed by atoms with Crippen LogP contribution in [0.2, 0.25) is 0 Å². The molecule has 546 valence electrons. The Hall–Kier alpha value is -1.94. The lowest BCUT2D eigenvalue weighted by molar-refractivity contribution is -0.161. The fraction of sp³-hybridized carbons (Fsp3) is 0.945. The molecule has 0 heterocycles. The first-order valence-electron chi connectivity index (χ1n) is 38.1. The molecular weight excluding hydrogens is 1210 g/mol. The van der Waals surface area contributed by atoms with Gasteiger partial charge in [-0.15, -0.1) is 0 Å². The van der Waals surface area contributed by atoms with Gasteiger partial charge in [-0.05, 0) is 31.6 Å². The van der Waals surface area contributed by atoms with Crippen LogP contribution in [-0.4, -0.2) is 96.7 Å². The molecule has 2 unspecified atom stereocenters. The lowest BCUT2D eigenvalue weighted by atomic mass is 10.0. The van der Waals surface area contributed by atoms with Gasteiger partial charge in [-0.3, -0.25) is 37.3 Å². The second kappa shape index (κ2) is 66.3. The van der Waals surface area contributed by atoms with Gasteiger partial charge < -0.3 is 33.8 Å². The van der Waals surface area contributed by atoms with E-state index in [0.29, 0.717) is 25.7 Å². The van der Waals surface area contributed by atoms with E-state index in [1.165, 1.54) is 205 Å². The number of rotatable bonds is 73. The van der Waals surface area contributed by atoms with Gasteiger partial charge in [0.25, 0.3) is 0 Å². The van der Waals surface area contributed by atoms with Crippen LogP contribution in [0.15, 0.2) is 0 Å². The number of phosphoric ester groups is 2. The predicted octanol–water partition coefficient (Wildman–Crippen LogP) is 21.3. The molecule has 0 fully saturated rings. The van der Waals surface area contributed by atoms with E-state index in [1.807, 2.05) is 0 Å². The van der Waals surface area contributed by atoms with Gasteiger partial charge in [-0.2, -0.15) is 0 Å². The maximum Gasteiger partial charge on any atom is 0.472 e. The third kappa shape index (κ3) is 66.7. The summed E-state index contributed by atoms with van der Waals surface area (Å²) in [5.41, 5.74) is 0. The van der Waals surface area contributed by atoms with Crippen molar-refractivity contribution < 1.29 is 80.2 Å². The Bertz CT molecular complexity index is 1770. The maximum atomic E-state index is 13.1. The first-order chi connectivity index (χ1) is 44.5. The molecule has 0 aliphatic heterocycles. The highest BCUT2D eigenvalue weighted by molar-refractivity contribution is 7.47. The van der Waals surface area contributed by atoms with Crippen LogP contribution >= 0.6 is 15.6 Å². The SMILES string of the molecule is CCCCCCCCCCCCCCCC(=O)OC[C@H](COP(=O)(O)OC[C@@H](O)COP(=O)(O)OC[C@@H](COC(=O)CCCCCCCCCCCCC)OC(=O)CCCCCCCCCCCCCCC)OC(=O)CCCCCCCCCCCCCCC(C)C. The molecule has 0 aliphatic carbocycles. The first-order valence-corrected chi connectivity index (χ1v) is 41.1. The zero-order valence-corrected chi connectivity index (χ0v) is 61.5. The smallest absolute Gasteiger partial charge is 0.462 e. The fourth-order valence-corrected chi connectivity index (χ4v) is 12.8. The monoisotopic (exact) mass is 1350 g/mol. The summed E-state index contributed by atoms with van der Waals surface area (Å²) in [4.78, 5) is 72.7. The highest BCUT2D eigenvalue weighted by atomic mass is 31.2. The van der Waals surface area contributed by atoms with Crippen LogP contribution in [0.4, 0.5) is 0 Å². The van der Waals surface area contributed by atoms with E-state index in [1.54, 1.807) is 0 Å². The molecule has 0 amide bonds. The van der Waals surface area contributed by atoms with E-state index in [-0.39, 0.29) is 25.7 Å². The molecule has 0 aromatic heterocycles. The van der Waals surface area contributed by atoms with Gasteiger partial charge >= 0.3 is 39.5 Å². The number of aliphatic hydroxyl groups is 1. The number of esters is 4. The highest BCUT2D eigenvalue weighted by Crippen LogP contribution is 2.45. The molecule has 0 aromatic rings. The van der Waals surface area contributed by atoms with E-state index in [9.17, 15) is 43.2 Å². The van der Waals surface area contributed by atoms with E-state index >= 15 is 0 Å². The van der Waals surface area contributed by atoms with Crippen LogP contribution < -0.4 is 0 Å². The summed E-state index contributed by atoms with van der Waals surface area (Å²) in [6.45, 7) is 7.29. The summed E-state index contributed by atoms with van der Waals surface area (Å²) in [6, 6.07) is 0. The number of hydrogen-bond donors (Lipinski definition) is 3. The molecule has 92 heavy (non-hydrogen) atoms. The summed E-state index contributed by atoms with van der Waals surface area (Å²) < 4.78 is 68.4. The van der Waals surface area contributed by atoms with Gasteiger partial charge in [0.15, 0.2) is 12.2 Å². The lowest BCUT2D eigenvalue weighted by Crippen LogP contribution is -2.30. The average Bonchev–Trinajstić information content (AvgIpc) is 2.17. The Morgan fingerprint density at radius 1 is 0.293 bits per heavy atom. The summed E-state index contributed by atoms with van der Waals surface area (Å²) in [5.74, 6) is -1.34. The summed E-state index contributed by atoms with van der Waals surface area (Å²) >= 11 is 0. The normalized spacial score (nSPS) is 14.0. The van der Waals surface area contributed by atoms with Gasteiger partial charge in [0.2, 0.25) is 0 Å². The number of hydrogen-bond acceptors (Lipinski definition) is 15. The maximum absolute atomic E-state index is 13.1. The van der Waals surface area contributed by atoms with Crippen LogP contribution in [0, 0.1) is 5.92 Å². The molecule has 0 spiro atoms. The van der Waals surface area contributed by atoms with Gasteiger partial charge in [0.1, 0.15) is 19.3 Å². The van der Waals surface area contributed by atoms with Crippen molar-refractivity contribution in [2.24, 2.45) is 5.92 Å². The highest BCUT2D eigenvalue weighted by Gasteiger charge is 2.30. The molecule has 17 nitrogen and oxygen atoms in total. The van der Waals surface area contributed by atoms with Gasteiger partial charge in [0.05, 0.1) is 26.4 Å². The Morgan fingerprint density at radius 3 is 0.739 bits per heavy atom. The molecule has 0 aromatic carbocycles. The van der Waals surface area contributed by atoms with Gasteiger partial charge in [0, 0.05) is 25.7 Å². The number of unbranched alkanes of at least 4 members (excludes halogenated alkanes) is 45. The molecule has 3 N–H and O–H groups in total. The minimum atomic E-state index is -4.95. The summed E-state index contributed by atoms with van der Waals surface area (Å²) in [7, 11) is -9.90. The first kappa shape index (κ1) is 90.1. The standard InChI is InChI=1S/C73H142O17P2/c1-6-9-12-15-18-21-24-26-32-37-42-47-52-57-71(76)84-63-69(90-73(78)59-54-49-44-39-34-29-28-31-35-40-45-50-55-66(4)5)65-88-92(81,82)86-61-67(74)60-85-91(79,80)87-64-68(62-83-70(75)56-51-46-41-36-30-23-20-17-14-11-8-3)89-72(77)58-53-48-43-38-33-27-25-22-19-16-13-10-7-2/h66-69,74H,6-65H2,1-5H3,(H,79,80)(H,81,82)/t67-,68+,69+/m0/s1. The molecule has 5 atom stereocenters. The van der Waals surface area contributed by atoms with Crippen molar-refractivity contribution in [3.63, 3.8) is 0 Å². The van der Waals surface area contributed by atoms with E-state index in [0.717, 1.165) is 95.8 Å². The van der Waals surface area contributed by atoms with Crippen molar-refractivity contribution in [1.82, 2.24) is 0 Å². The van der Waals surface area contributed by atoms with Crippen molar-refractivity contribution in [3.05, 3.63) is 0 Å². The largest absolute Gasteiger partial charge is 0.472 e. The number of carbonyl (C=O) groups is 4. The van der Waals surface area contributed by atoms with Crippen LogP contribution in [0.5, 0.6) is 0 Å². The third-order valence-corrected chi connectivity index (χ3v) is 18.9. The molecule has 0 aliphatic rings. The zero-order chi connectivity index (χ0) is 67.7. The van der Waals surface area contributed by atoms with Crippen molar-refractivity contribution in [1.29, 1.82) is 0 Å². The van der Waals surface area contributed by atoms with Crippen molar-refractivity contribution in [3.8, 4) is 0 Å². The van der Waals surface area contributed by atoms with E-state index in [2.05, 4.69) is 34.6 Å². The van der Waals surface area contributed by atoms with E-state index < -0.39 is 97.5 Å². The molecular formula is C73H142O17P2. The molecule has 19 heteroatoms. The number of carbonyl (C=O) groups excluding carboxylic acids is 4. The van der Waals surface area contributed by atoms with E-state index in [4.69, 9.17) is 37.0 Å². The van der Waals surface area contributed by atoms with Gasteiger partial charge in [-0.1, -0.05) is 330 Å². The summed E-state index contributed by atoms with van der Waals surface area (Å²) in [6.07, 6.45) is 53.8. The molecule has 0 radical (unpaired) electrons. The second-order valence-electron chi connectivity index (χ2n) is 26.8. The number of phosphoric acid groups is 2. The van der Waals surface area contributed by atoms with Crippen LogP contribution in [0.3, 0.4) is 0 Å². The fourth-order valence-electron chi connectivity index (χ4n) is 11.2. The Labute approximate surface area is 562 Å². The second-order valence-corrected chi connectivity index (χ2v) is 29.7. The van der Waals surface area contributed by atoms with Crippen molar-refractivity contribution in [2.45, 2.75) is 400 Å². The molecule has 0 bridgehead atoms. The minimum Gasteiger partial charge on any atom is -0.462 e. The molecule has 0 saturated carbocycles. The summed E-state index contributed by atoms with van der Waals surface area (Å²) in [5, 5.41) is 10.6. The van der Waals surface area contributed by atoms with Crippen LogP contribution in [0.25, 0.3) is 0 Å². The lowest BCUT2D eigenvalue weighted by Gasteiger charge is -2.21. The Morgan fingerprint density at radius 2 is 0.500 bits per heavy atom. The molecule has 0 rings (SSSR count). The minimum absolute atomic E-state index is 0.108. The number of ether oxygens (including phenoxy) is 4. The Balaban J connectivity index is 5.26. The molecule has 0 saturated heterocycles. The topological polar surface area (TPSA) is 237 Å². The van der Waals surface area contributed by atoms with Crippen molar-refractivity contribution >= 4 is 39.5 Å².